The van der Waals surface area contributed by atoms with Gasteiger partial charge in [-0.25, -0.2) is 4.68 Å². The molecule has 1 aliphatic rings. The standard InChI is InChI=1S/C9H16N4O/c1-2-13-9(11-7-12-13)14-8-3-5-10-6-4-8/h7-8,10H,2-6H2,1H3. The zero-order chi connectivity index (χ0) is 9.80. The number of ether oxygens (including phenoxy) is 1. The Balaban J connectivity index is 1.95. The SMILES string of the molecule is CCn1ncnc1OC1CCNCC1. The topological polar surface area (TPSA) is 52.0 Å². The largest absolute Gasteiger partial charge is 0.460 e. The van der Waals surface area contributed by atoms with Crippen LogP contribution in [-0.4, -0.2) is 34.0 Å². The van der Waals surface area contributed by atoms with E-state index in [1.165, 1.54) is 0 Å². The zero-order valence-corrected chi connectivity index (χ0v) is 8.44. The number of aryl methyl sites for hydroxylation is 1. The fourth-order valence-electron chi connectivity index (χ4n) is 1.62. The number of piperidine rings is 1. The third-order valence-electron chi connectivity index (χ3n) is 2.44. The first kappa shape index (κ1) is 9.45. The van der Waals surface area contributed by atoms with E-state index in [0.717, 1.165) is 32.5 Å². The zero-order valence-electron chi connectivity index (χ0n) is 8.44. The molecule has 1 aliphatic heterocycles. The molecule has 0 bridgehead atoms. The van der Waals surface area contributed by atoms with Crippen LogP contribution in [0.5, 0.6) is 6.01 Å². The van der Waals surface area contributed by atoms with Crippen molar-refractivity contribution in [3.63, 3.8) is 0 Å². The van der Waals surface area contributed by atoms with Crippen molar-refractivity contribution < 1.29 is 4.74 Å². The molecule has 5 heteroatoms. The highest BCUT2D eigenvalue weighted by Crippen LogP contribution is 2.12. The monoisotopic (exact) mass is 196 g/mol. The lowest BCUT2D eigenvalue weighted by atomic mass is 10.1. The molecule has 1 saturated heterocycles. The highest BCUT2D eigenvalue weighted by Gasteiger charge is 2.16. The molecule has 14 heavy (non-hydrogen) atoms. The molecular formula is C9H16N4O. The molecule has 1 N–H and O–H groups in total. The predicted octanol–water partition coefficient (Wildman–Crippen LogP) is 0.429. The van der Waals surface area contributed by atoms with E-state index < -0.39 is 0 Å². The predicted molar refractivity (Wildman–Crippen MR) is 52.2 cm³/mol. The van der Waals surface area contributed by atoms with Crippen LogP contribution in [-0.2, 0) is 6.54 Å². The molecule has 0 saturated carbocycles. The van der Waals surface area contributed by atoms with Crippen molar-refractivity contribution in [1.82, 2.24) is 20.1 Å². The van der Waals surface area contributed by atoms with Crippen molar-refractivity contribution in [3.05, 3.63) is 6.33 Å². The van der Waals surface area contributed by atoms with Crippen molar-refractivity contribution >= 4 is 0 Å². The second kappa shape index (κ2) is 4.41. The van der Waals surface area contributed by atoms with Crippen LogP contribution in [0.3, 0.4) is 0 Å². The number of hydrogen-bond donors (Lipinski definition) is 1. The van der Waals surface area contributed by atoms with E-state index in [1.54, 1.807) is 11.0 Å². The van der Waals surface area contributed by atoms with Gasteiger partial charge in [-0.1, -0.05) is 0 Å². The lowest BCUT2D eigenvalue weighted by Crippen LogP contribution is -2.34. The van der Waals surface area contributed by atoms with Gasteiger partial charge in [0.25, 0.3) is 0 Å². The van der Waals surface area contributed by atoms with Crippen LogP contribution in [0.4, 0.5) is 0 Å². The van der Waals surface area contributed by atoms with Crippen molar-refractivity contribution in [3.8, 4) is 6.01 Å². The van der Waals surface area contributed by atoms with Gasteiger partial charge in [-0.2, -0.15) is 10.1 Å². The molecule has 2 heterocycles. The molecule has 0 amide bonds. The summed E-state index contributed by atoms with van der Waals surface area (Å²) in [4.78, 5) is 4.09. The Kier molecular flexibility index (Phi) is 2.98. The average Bonchev–Trinajstić information content (AvgIpc) is 2.67. The number of nitrogens with one attached hydrogen (secondary N) is 1. The van der Waals surface area contributed by atoms with Gasteiger partial charge in [0.1, 0.15) is 12.4 Å². The summed E-state index contributed by atoms with van der Waals surface area (Å²) in [6.07, 6.45) is 3.94. The van der Waals surface area contributed by atoms with Gasteiger partial charge in [0, 0.05) is 6.54 Å². The second-order valence-electron chi connectivity index (χ2n) is 3.43. The van der Waals surface area contributed by atoms with Gasteiger partial charge in [-0.05, 0) is 32.9 Å². The van der Waals surface area contributed by atoms with Gasteiger partial charge in [-0.15, -0.1) is 0 Å². The van der Waals surface area contributed by atoms with Crippen LogP contribution in [0.25, 0.3) is 0 Å². The summed E-state index contributed by atoms with van der Waals surface area (Å²) in [5, 5.41) is 7.37. The van der Waals surface area contributed by atoms with Gasteiger partial charge >= 0.3 is 6.01 Å². The minimum Gasteiger partial charge on any atom is -0.460 e. The molecule has 2 rings (SSSR count). The second-order valence-corrected chi connectivity index (χ2v) is 3.43. The fraction of sp³-hybridized carbons (Fsp3) is 0.778. The maximum Gasteiger partial charge on any atom is 0.314 e. The first-order chi connectivity index (χ1) is 6.90. The smallest absolute Gasteiger partial charge is 0.314 e. The molecule has 0 aliphatic carbocycles. The van der Waals surface area contributed by atoms with E-state index in [-0.39, 0.29) is 0 Å². The number of hydrogen-bond acceptors (Lipinski definition) is 4. The van der Waals surface area contributed by atoms with Crippen LogP contribution in [0.15, 0.2) is 6.33 Å². The Bertz CT molecular complexity index is 280. The summed E-state index contributed by atoms with van der Waals surface area (Å²) in [5.74, 6) is 0. The highest BCUT2D eigenvalue weighted by molar-refractivity contribution is 4.92. The fourth-order valence-corrected chi connectivity index (χ4v) is 1.62. The van der Waals surface area contributed by atoms with E-state index >= 15 is 0 Å². The van der Waals surface area contributed by atoms with Crippen molar-refractivity contribution in [1.29, 1.82) is 0 Å². The van der Waals surface area contributed by atoms with Gasteiger partial charge < -0.3 is 10.1 Å². The minimum absolute atomic E-state index is 0.297. The van der Waals surface area contributed by atoms with Crippen molar-refractivity contribution in [2.24, 2.45) is 0 Å². The molecule has 0 unspecified atom stereocenters. The maximum atomic E-state index is 5.77. The van der Waals surface area contributed by atoms with Crippen LogP contribution < -0.4 is 10.1 Å². The lowest BCUT2D eigenvalue weighted by molar-refractivity contribution is 0.141. The first-order valence-electron chi connectivity index (χ1n) is 5.15. The average molecular weight is 196 g/mol. The van der Waals surface area contributed by atoms with Gasteiger partial charge in [0.2, 0.25) is 0 Å². The first-order valence-corrected chi connectivity index (χ1v) is 5.15. The quantitative estimate of drug-likeness (QED) is 0.761. The molecule has 0 atom stereocenters. The highest BCUT2D eigenvalue weighted by atomic mass is 16.5. The summed E-state index contributed by atoms with van der Waals surface area (Å²) in [7, 11) is 0. The molecule has 0 spiro atoms. The van der Waals surface area contributed by atoms with Gasteiger partial charge in [0.15, 0.2) is 0 Å². The Labute approximate surface area is 83.5 Å². The molecule has 1 aromatic heterocycles. The van der Waals surface area contributed by atoms with E-state index in [4.69, 9.17) is 4.74 Å². The van der Waals surface area contributed by atoms with E-state index in [1.807, 2.05) is 6.92 Å². The Morgan fingerprint density at radius 3 is 3.07 bits per heavy atom. The van der Waals surface area contributed by atoms with Crippen LogP contribution in [0.2, 0.25) is 0 Å². The van der Waals surface area contributed by atoms with Gasteiger partial charge in [-0.3, -0.25) is 0 Å². The van der Waals surface area contributed by atoms with Crippen LogP contribution >= 0.6 is 0 Å². The van der Waals surface area contributed by atoms with Crippen LogP contribution in [0, 0.1) is 0 Å². The van der Waals surface area contributed by atoms with E-state index in [2.05, 4.69) is 15.4 Å². The Morgan fingerprint density at radius 1 is 1.57 bits per heavy atom. The minimum atomic E-state index is 0.297. The van der Waals surface area contributed by atoms with E-state index in [9.17, 15) is 0 Å². The summed E-state index contributed by atoms with van der Waals surface area (Å²) >= 11 is 0. The number of aromatic nitrogens is 3. The maximum absolute atomic E-state index is 5.77. The third kappa shape index (κ3) is 2.04. The lowest BCUT2D eigenvalue weighted by Gasteiger charge is -2.22. The Hall–Kier alpha value is -1.10. The molecular weight excluding hydrogens is 180 g/mol. The summed E-state index contributed by atoms with van der Waals surface area (Å²) in [5.41, 5.74) is 0. The summed E-state index contributed by atoms with van der Waals surface area (Å²) in [6, 6.07) is 0.652. The van der Waals surface area contributed by atoms with Crippen molar-refractivity contribution in [2.75, 3.05) is 13.1 Å². The normalized spacial score (nSPS) is 18.4. The number of rotatable bonds is 3. The summed E-state index contributed by atoms with van der Waals surface area (Å²) in [6.45, 7) is 4.90. The number of nitrogens with zero attached hydrogens (tertiary/aromatic N) is 3. The van der Waals surface area contributed by atoms with Crippen molar-refractivity contribution in [2.45, 2.75) is 32.4 Å². The van der Waals surface area contributed by atoms with Crippen LogP contribution in [0.1, 0.15) is 19.8 Å². The molecule has 0 aromatic carbocycles. The van der Waals surface area contributed by atoms with Gasteiger partial charge in [0.05, 0.1) is 0 Å². The molecule has 5 nitrogen and oxygen atoms in total. The Morgan fingerprint density at radius 2 is 2.36 bits per heavy atom. The molecule has 78 valence electrons. The molecule has 0 radical (unpaired) electrons. The summed E-state index contributed by atoms with van der Waals surface area (Å²) < 4.78 is 7.55. The third-order valence-corrected chi connectivity index (χ3v) is 2.44. The van der Waals surface area contributed by atoms with E-state index in [0.29, 0.717) is 12.1 Å². The molecule has 1 fully saturated rings. The molecule has 1 aromatic rings.